The highest BCUT2D eigenvalue weighted by molar-refractivity contribution is 5.80. The molecule has 1 heterocycles. The predicted octanol–water partition coefficient (Wildman–Crippen LogP) is 1.91. The van der Waals surface area contributed by atoms with Crippen LogP contribution in [0.1, 0.15) is 31.9 Å². The van der Waals surface area contributed by atoms with Gasteiger partial charge in [-0.2, -0.15) is 0 Å². The summed E-state index contributed by atoms with van der Waals surface area (Å²) in [5.74, 6) is 0.969. The lowest BCUT2D eigenvalue weighted by atomic mass is 10.1. The van der Waals surface area contributed by atoms with Crippen LogP contribution in [-0.2, 0) is 11.2 Å². The molecule has 3 nitrogen and oxygen atoms in total. The molecule has 3 heteroatoms. The first-order valence-electron chi connectivity index (χ1n) is 4.98. The Kier molecular flexibility index (Phi) is 4.40. The van der Waals surface area contributed by atoms with Gasteiger partial charge in [-0.05, 0) is 31.9 Å². The van der Waals surface area contributed by atoms with Gasteiger partial charge in [-0.25, -0.2) is 0 Å². The molecule has 0 amide bonds. The quantitative estimate of drug-likeness (QED) is 0.754. The summed E-state index contributed by atoms with van der Waals surface area (Å²) in [5, 5.41) is 0. The minimum atomic E-state index is 0.186. The number of Topliss-reactive ketones (excluding diaryl/α,β-unsaturated/α-hetero) is 1. The van der Waals surface area contributed by atoms with Crippen LogP contribution in [0, 0.1) is 0 Å². The summed E-state index contributed by atoms with van der Waals surface area (Å²) in [6.07, 6.45) is 4.37. The van der Waals surface area contributed by atoms with Crippen LogP contribution in [0.4, 0.5) is 0 Å². The normalized spacial score (nSPS) is 12.7. The van der Waals surface area contributed by atoms with Crippen LogP contribution in [-0.4, -0.2) is 11.8 Å². The molecule has 0 spiro atoms. The van der Waals surface area contributed by atoms with Crippen LogP contribution in [0.5, 0.6) is 0 Å². The average Bonchev–Trinajstić information content (AvgIpc) is 2.56. The maximum atomic E-state index is 11.4. The molecule has 1 atom stereocenters. The van der Waals surface area contributed by atoms with Crippen molar-refractivity contribution in [3.05, 3.63) is 24.2 Å². The number of nitrogens with two attached hydrogens (primary N) is 1. The second-order valence-electron chi connectivity index (χ2n) is 3.66. The molecule has 0 aromatic carbocycles. The second kappa shape index (κ2) is 5.60. The van der Waals surface area contributed by atoms with Crippen molar-refractivity contribution in [2.24, 2.45) is 5.73 Å². The molecule has 0 aliphatic heterocycles. The number of hydrogen-bond acceptors (Lipinski definition) is 3. The van der Waals surface area contributed by atoms with E-state index in [9.17, 15) is 4.79 Å². The third kappa shape index (κ3) is 4.23. The number of carbonyl (C=O) groups is 1. The maximum absolute atomic E-state index is 11.4. The van der Waals surface area contributed by atoms with E-state index in [-0.39, 0.29) is 11.8 Å². The summed E-state index contributed by atoms with van der Waals surface area (Å²) in [4.78, 5) is 11.4. The summed E-state index contributed by atoms with van der Waals surface area (Å²) in [6, 6.07) is 3.81. The first kappa shape index (κ1) is 11.0. The summed E-state index contributed by atoms with van der Waals surface area (Å²) in [6.45, 7) is 1.96. The number of furan rings is 1. The fourth-order valence-corrected chi connectivity index (χ4v) is 1.32. The molecule has 1 unspecified atom stereocenters. The minimum Gasteiger partial charge on any atom is -0.469 e. The highest BCUT2D eigenvalue weighted by Gasteiger charge is 2.05. The van der Waals surface area contributed by atoms with Gasteiger partial charge in [0.1, 0.15) is 11.5 Å². The first-order valence-corrected chi connectivity index (χ1v) is 4.98. The van der Waals surface area contributed by atoms with E-state index < -0.39 is 0 Å². The molecular formula is C11H17NO2. The summed E-state index contributed by atoms with van der Waals surface area (Å²) < 4.78 is 5.09. The van der Waals surface area contributed by atoms with E-state index in [0.29, 0.717) is 12.8 Å². The zero-order valence-corrected chi connectivity index (χ0v) is 8.53. The Hall–Kier alpha value is -1.09. The monoisotopic (exact) mass is 195 g/mol. The van der Waals surface area contributed by atoms with Crippen molar-refractivity contribution < 1.29 is 9.21 Å². The van der Waals surface area contributed by atoms with E-state index >= 15 is 0 Å². The Balaban J connectivity index is 2.17. The van der Waals surface area contributed by atoms with Gasteiger partial charge >= 0.3 is 0 Å². The predicted molar refractivity (Wildman–Crippen MR) is 54.9 cm³/mol. The smallest absolute Gasteiger partial charge is 0.140 e. The number of carbonyl (C=O) groups excluding carboxylic acids is 1. The molecule has 0 bridgehead atoms. The Morgan fingerprint density at radius 3 is 3.00 bits per heavy atom. The molecule has 0 saturated heterocycles. The molecule has 0 radical (unpaired) electrons. The first-order chi connectivity index (χ1) is 6.68. The molecule has 0 saturated carbocycles. The van der Waals surface area contributed by atoms with Gasteiger partial charge in [0.15, 0.2) is 0 Å². The van der Waals surface area contributed by atoms with Gasteiger partial charge in [0.25, 0.3) is 0 Å². The molecule has 78 valence electrons. The largest absolute Gasteiger partial charge is 0.469 e. The SMILES string of the molecule is CC(N)CCCC(=O)Cc1ccco1. The minimum absolute atomic E-state index is 0.186. The van der Waals surface area contributed by atoms with Gasteiger partial charge in [-0.3, -0.25) is 4.79 Å². The Morgan fingerprint density at radius 1 is 1.64 bits per heavy atom. The van der Waals surface area contributed by atoms with Crippen LogP contribution in [0.25, 0.3) is 0 Å². The summed E-state index contributed by atoms with van der Waals surface area (Å²) >= 11 is 0. The van der Waals surface area contributed by atoms with Crippen molar-refractivity contribution in [1.29, 1.82) is 0 Å². The molecular weight excluding hydrogens is 178 g/mol. The Labute approximate surface area is 84.3 Å². The van der Waals surface area contributed by atoms with Crippen molar-refractivity contribution in [2.75, 3.05) is 0 Å². The molecule has 0 aliphatic carbocycles. The van der Waals surface area contributed by atoms with Crippen molar-refractivity contribution >= 4 is 5.78 Å². The van der Waals surface area contributed by atoms with Crippen molar-refractivity contribution in [1.82, 2.24) is 0 Å². The third-order valence-corrected chi connectivity index (χ3v) is 2.07. The van der Waals surface area contributed by atoms with Crippen LogP contribution >= 0.6 is 0 Å². The summed E-state index contributed by atoms with van der Waals surface area (Å²) in [7, 11) is 0. The fourth-order valence-electron chi connectivity index (χ4n) is 1.32. The maximum Gasteiger partial charge on any atom is 0.140 e. The molecule has 0 aliphatic rings. The van der Waals surface area contributed by atoms with Gasteiger partial charge in [0.2, 0.25) is 0 Å². The zero-order valence-electron chi connectivity index (χ0n) is 8.53. The van der Waals surface area contributed by atoms with E-state index in [1.165, 1.54) is 0 Å². The molecule has 14 heavy (non-hydrogen) atoms. The van der Waals surface area contributed by atoms with E-state index in [0.717, 1.165) is 18.6 Å². The van der Waals surface area contributed by atoms with E-state index in [1.807, 2.05) is 13.0 Å². The lowest BCUT2D eigenvalue weighted by molar-refractivity contribution is -0.118. The van der Waals surface area contributed by atoms with Gasteiger partial charge in [0.05, 0.1) is 12.7 Å². The number of hydrogen-bond donors (Lipinski definition) is 1. The third-order valence-electron chi connectivity index (χ3n) is 2.07. The molecule has 1 aromatic rings. The van der Waals surface area contributed by atoms with Crippen molar-refractivity contribution in [2.45, 2.75) is 38.6 Å². The van der Waals surface area contributed by atoms with Crippen molar-refractivity contribution in [3.63, 3.8) is 0 Å². The van der Waals surface area contributed by atoms with Crippen LogP contribution in [0.3, 0.4) is 0 Å². The standard InChI is InChI=1S/C11H17NO2/c1-9(12)4-2-5-10(13)8-11-6-3-7-14-11/h3,6-7,9H,2,4-5,8,12H2,1H3. The van der Waals surface area contributed by atoms with Gasteiger partial charge in [-0.1, -0.05) is 0 Å². The topological polar surface area (TPSA) is 56.2 Å². The number of ketones is 1. The zero-order chi connectivity index (χ0) is 10.4. The molecule has 1 aromatic heterocycles. The van der Waals surface area contributed by atoms with Crippen LogP contribution < -0.4 is 5.73 Å². The molecule has 1 rings (SSSR count). The fraction of sp³-hybridized carbons (Fsp3) is 0.545. The lowest BCUT2D eigenvalue weighted by Gasteiger charge is -2.02. The second-order valence-corrected chi connectivity index (χ2v) is 3.66. The Morgan fingerprint density at radius 2 is 2.43 bits per heavy atom. The van der Waals surface area contributed by atoms with Gasteiger partial charge in [-0.15, -0.1) is 0 Å². The van der Waals surface area contributed by atoms with E-state index in [1.54, 1.807) is 12.3 Å². The van der Waals surface area contributed by atoms with E-state index in [4.69, 9.17) is 10.2 Å². The highest BCUT2D eigenvalue weighted by Crippen LogP contribution is 2.06. The average molecular weight is 195 g/mol. The Bertz CT molecular complexity index is 265. The molecule has 2 N–H and O–H groups in total. The van der Waals surface area contributed by atoms with Gasteiger partial charge < -0.3 is 10.2 Å². The summed E-state index contributed by atoms with van der Waals surface area (Å²) in [5.41, 5.74) is 5.58. The van der Waals surface area contributed by atoms with Gasteiger partial charge in [0, 0.05) is 12.5 Å². The van der Waals surface area contributed by atoms with Crippen molar-refractivity contribution in [3.8, 4) is 0 Å². The highest BCUT2D eigenvalue weighted by atomic mass is 16.3. The van der Waals surface area contributed by atoms with E-state index in [2.05, 4.69) is 0 Å². The number of rotatable bonds is 6. The van der Waals surface area contributed by atoms with Crippen LogP contribution in [0.2, 0.25) is 0 Å². The van der Waals surface area contributed by atoms with Crippen LogP contribution in [0.15, 0.2) is 22.8 Å². The lowest BCUT2D eigenvalue weighted by Crippen LogP contribution is -2.15. The molecule has 0 fully saturated rings.